The van der Waals surface area contributed by atoms with Crippen molar-refractivity contribution in [2.45, 2.75) is 38.0 Å². The third-order valence-electron chi connectivity index (χ3n) is 3.01. The van der Waals surface area contributed by atoms with Crippen molar-refractivity contribution in [3.8, 4) is 0 Å². The maximum absolute atomic E-state index is 8.74. The van der Waals surface area contributed by atoms with Gasteiger partial charge in [0.2, 0.25) is 0 Å². The molecule has 102 valence electrons. The normalized spacial score (nSPS) is 16.8. The van der Waals surface area contributed by atoms with Crippen molar-refractivity contribution < 1.29 is 17.5 Å². The van der Waals surface area contributed by atoms with E-state index in [-0.39, 0.29) is 0 Å². The molecule has 0 heterocycles. The predicted molar refractivity (Wildman–Crippen MR) is 70.9 cm³/mol. The molecule has 0 radical (unpaired) electrons. The summed E-state index contributed by atoms with van der Waals surface area (Å²) in [5, 5.41) is 0. The van der Waals surface area contributed by atoms with Gasteiger partial charge >= 0.3 is 10.4 Å². The van der Waals surface area contributed by atoms with Gasteiger partial charge in [-0.2, -0.15) is 8.42 Å². The first-order valence-electron chi connectivity index (χ1n) is 5.91. The third kappa shape index (κ3) is 6.58. The van der Waals surface area contributed by atoms with E-state index < -0.39 is 10.4 Å². The first-order valence-corrected chi connectivity index (χ1v) is 7.31. The molecule has 6 heteroatoms. The van der Waals surface area contributed by atoms with Gasteiger partial charge in [0.15, 0.2) is 0 Å². The zero-order chi connectivity index (χ0) is 13.6. The number of hydrogen-bond donors (Lipinski definition) is 3. The Hall–Kier alpha value is -1.11. The Morgan fingerprint density at radius 2 is 1.44 bits per heavy atom. The third-order valence-corrected chi connectivity index (χ3v) is 3.01. The van der Waals surface area contributed by atoms with E-state index in [1.54, 1.807) is 0 Å². The molecule has 0 spiro atoms. The van der Waals surface area contributed by atoms with Crippen LogP contribution < -0.4 is 5.73 Å². The largest absolute Gasteiger partial charge is 0.399 e. The van der Waals surface area contributed by atoms with Gasteiger partial charge in [-0.05, 0) is 36.5 Å². The molecule has 18 heavy (non-hydrogen) atoms. The van der Waals surface area contributed by atoms with Crippen LogP contribution in [0.3, 0.4) is 0 Å². The molecule has 0 bridgehead atoms. The van der Waals surface area contributed by atoms with Crippen molar-refractivity contribution in [2.75, 3.05) is 5.73 Å². The Bertz CT molecular complexity index is 441. The first-order chi connectivity index (χ1) is 8.36. The van der Waals surface area contributed by atoms with E-state index in [0.717, 1.165) is 11.6 Å². The molecule has 0 unspecified atom stereocenters. The van der Waals surface area contributed by atoms with Crippen LogP contribution in [0.4, 0.5) is 5.69 Å². The van der Waals surface area contributed by atoms with Gasteiger partial charge in [-0.15, -0.1) is 0 Å². The monoisotopic (exact) mass is 273 g/mol. The molecule has 0 aliphatic heterocycles. The number of nitrogens with two attached hydrogens (primary N) is 1. The summed E-state index contributed by atoms with van der Waals surface area (Å²) in [6, 6.07) is 8.41. The van der Waals surface area contributed by atoms with E-state index in [1.165, 1.54) is 37.7 Å². The van der Waals surface area contributed by atoms with Gasteiger partial charge in [-0.25, -0.2) is 0 Å². The topological polar surface area (TPSA) is 101 Å². The highest BCUT2D eigenvalue weighted by Crippen LogP contribution is 2.32. The lowest BCUT2D eigenvalue weighted by atomic mass is 9.84. The number of anilines is 1. The Labute approximate surface area is 108 Å². The van der Waals surface area contributed by atoms with Gasteiger partial charge in [-0.1, -0.05) is 31.4 Å². The van der Waals surface area contributed by atoms with Crippen LogP contribution in [0.25, 0.3) is 0 Å². The molecular formula is C12H19NO4S. The van der Waals surface area contributed by atoms with E-state index in [0.29, 0.717) is 0 Å². The van der Waals surface area contributed by atoms with Gasteiger partial charge in [0.1, 0.15) is 0 Å². The summed E-state index contributed by atoms with van der Waals surface area (Å²) in [4.78, 5) is 0. The Kier molecular flexibility index (Phi) is 5.58. The van der Waals surface area contributed by atoms with Gasteiger partial charge in [-0.3, -0.25) is 9.11 Å². The van der Waals surface area contributed by atoms with E-state index in [2.05, 4.69) is 12.1 Å². The van der Waals surface area contributed by atoms with Crippen molar-refractivity contribution in [1.29, 1.82) is 0 Å². The van der Waals surface area contributed by atoms with Crippen molar-refractivity contribution in [1.82, 2.24) is 0 Å². The Balaban J connectivity index is 0.000000280. The van der Waals surface area contributed by atoms with Crippen LogP contribution in [0.1, 0.15) is 43.6 Å². The fraction of sp³-hybridized carbons (Fsp3) is 0.500. The number of nitrogen functional groups attached to an aromatic ring is 1. The van der Waals surface area contributed by atoms with E-state index in [4.69, 9.17) is 23.3 Å². The summed E-state index contributed by atoms with van der Waals surface area (Å²) in [5.41, 5.74) is 8.01. The molecule has 0 atom stereocenters. The maximum Gasteiger partial charge on any atom is 0.394 e. The van der Waals surface area contributed by atoms with Crippen molar-refractivity contribution in [3.63, 3.8) is 0 Å². The summed E-state index contributed by atoms with van der Waals surface area (Å²) >= 11 is 0. The lowest BCUT2D eigenvalue weighted by Gasteiger charge is -2.21. The summed E-state index contributed by atoms with van der Waals surface area (Å²) in [5.74, 6) is 0.800. The molecule has 1 saturated carbocycles. The summed E-state index contributed by atoms with van der Waals surface area (Å²) in [6.07, 6.45) is 6.95. The van der Waals surface area contributed by atoms with Crippen LogP contribution in [-0.2, 0) is 10.4 Å². The first kappa shape index (κ1) is 14.9. The van der Waals surface area contributed by atoms with Crippen LogP contribution in [0, 0.1) is 0 Å². The molecule has 5 nitrogen and oxygen atoms in total. The minimum atomic E-state index is -4.67. The Morgan fingerprint density at radius 3 is 1.89 bits per heavy atom. The minimum Gasteiger partial charge on any atom is -0.399 e. The molecule has 1 aliphatic carbocycles. The molecule has 1 aromatic rings. The molecular weight excluding hydrogens is 254 g/mol. The van der Waals surface area contributed by atoms with Crippen LogP contribution >= 0.6 is 0 Å². The smallest absolute Gasteiger partial charge is 0.394 e. The second-order valence-corrected chi connectivity index (χ2v) is 5.35. The Morgan fingerprint density at radius 1 is 1.00 bits per heavy atom. The fourth-order valence-corrected chi connectivity index (χ4v) is 2.20. The average molecular weight is 273 g/mol. The lowest BCUT2D eigenvalue weighted by molar-refractivity contribution is 0.381. The highest BCUT2D eigenvalue weighted by molar-refractivity contribution is 7.79. The zero-order valence-electron chi connectivity index (χ0n) is 10.1. The molecule has 0 aromatic heterocycles. The van der Waals surface area contributed by atoms with Crippen molar-refractivity contribution in [3.05, 3.63) is 29.8 Å². The molecule has 4 N–H and O–H groups in total. The molecule has 1 aromatic carbocycles. The number of rotatable bonds is 1. The molecule has 1 fully saturated rings. The minimum absolute atomic E-state index is 0.800. The van der Waals surface area contributed by atoms with E-state index in [1.807, 2.05) is 12.1 Å². The molecule has 2 rings (SSSR count). The zero-order valence-corrected chi connectivity index (χ0v) is 10.9. The predicted octanol–water partition coefficient (Wildman–Crippen LogP) is 2.66. The van der Waals surface area contributed by atoms with Gasteiger partial charge in [0.05, 0.1) is 0 Å². The fourth-order valence-electron chi connectivity index (χ4n) is 2.20. The molecule has 1 aliphatic rings. The highest BCUT2D eigenvalue weighted by Gasteiger charge is 2.14. The van der Waals surface area contributed by atoms with Gasteiger partial charge < -0.3 is 5.73 Å². The molecule has 0 amide bonds. The van der Waals surface area contributed by atoms with E-state index in [9.17, 15) is 0 Å². The summed E-state index contributed by atoms with van der Waals surface area (Å²) < 4.78 is 31.6. The quantitative estimate of drug-likeness (QED) is 0.539. The van der Waals surface area contributed by atoms with Crippen molar-refractivity contribution in [2.24, 2.45) is 0 Å². The highest BCUT2D eigenvalue weighted by atomic mass is 32.3. The number of hydrogen-bond acceptors (Lipinski definition) is 3. The van der Waals surface area contributed by atoms with Gasteiger partial charge in [0, 0.05) is 5.69 Å². The molecule has 0 saturated heterocycles. The van der Waals surface area contributed by atoms with Crippen molar-refractivity contribution >= 4 is 16.1 Å². The summed E-state index contributed by atoms with van der Waals surface area (Å²) in [6.45, 7) is 0. The van der Waals surface area contributed by atoms with Crippen LogP contribution in [0.15, 0.2) is 24.3 Å². The maximum atomic E-state index is 8.74. The van der Waals surface area contributed by atoms with Crippen LogP contribution in [-0.4, -0.2) is 17.5 Å². The lowest BCUT2D eigenvalue weighted by Crippen LogP contribution is -2.04. The van der Waals surface area contributed by atoms with Gasteiger partial charge in [0.25, 0.3) is 0 Å². The summed E-state index contributed by atoms with van der Waals surface area (Å²) in [7, 11) is -4.67. The SMILES string of the molecule is Nc1ccc(C2CCCCC2)cc1.O=S(=O)(O)O. The second-order valence-electron chi connectivity index (χ2n) is 4.45. The second kappa shape index (κ2) is 6.72. The van der Waals surface area contributed by atoms with Crippen LogP contribution in [0.2, 0.25) is 0 Å². The van der Waals surface area contributed by atoms with E-state index >= 15 is 0 Å². The number of benzene rings is 1. The van der Waals surface area contributed by atoms with Crippen LogP contribution in [0.5, 0.6) is 0 Å². The average Bonchev–Trinajstić information content (AvgIpc) is 2.29. The standard InChI is InChI=1S/C12H17N.H2O4S/c13-12-8-6-11(7-9-12)10-4-2-1-3-5-10;1-5(2,3)4/h6-10H,1-5,13H2;(H2,1,2,3,4).